The minimum Gasteiger partial charge on any atom is -0.267 e. The van der Waals surface area contributed by atoms with Crippen molar-refractivity contribution in [3.8, 4) is 0 Å². The summed E-state index contributed by atoms with van der Waals surface area (Å²) in [6.07, 6.45) is 7.47. The number of fused-ring (bicyclic) bond motifs is 1. The van der Waals surface area contributed by atoms with Gasteiger partial charge in [-0.15, -0.1) is 5.10 Å². The predicted molar refractivity (Wildman–Crippen MR) is 79.9 cm³/mol. The predicted octanol–water partition coefficient (Wildman–Crippen LogP) is 1.41. The van der Waals surface area contributed by atoms with Gasteiger partial charge in [-0.3, -0.25) is 4.79 Å². The summed E-state index contributed by atoms with van der Waals surface area (Å²) in [5, 5.41) is 12.8. The Morgan fingerprint density at radius 1 is 1.35 bits per heavy atom. The molecule has 6 nitrogen and oxygen atoms in total. The van der Waals surface area contributed by atoms with E-state index in [1.54, 1.807) is 17.9 Å². The average molecular weight is 293 g/mol. The topological polar surface area (TPSA) is 65.6 Å². The summed E-state index contributed by atoms with van der Waals surface area (Å²) in [6, 6.07) is 0. The molecule has 20 heavy (non-hydrogen) atoms. The van der Waals surface area contributed by atoms with Crippen LogP contribution < -0.4 is 5.56 Å². The van der Waals surface area contributed by atoms with Gasteiger partial charge in [0.15, 0.2) is 5.65 Å². The van der Waals surface area contributed by atoms with Gasteiger partial charge in [0, 0.05) is 7.05 Å². The highest BCUT2D eigenvalue weighted by atomic mass is 32.1. The van der Waals surface area contributed by atoms with Crippen molar-refractivity contribution in [1.82, 2.24) is 24.8 Å². The maximum Gasteiger partial charge on any atom is 0.280 e. The molecule has 2 heterocycles. The highest BCUT2D eigenvalue weighted by Crippen LogP contribution is 2.38. The van der Waals surface area contributed by atoms with E-state index >= 15 is 0 Å². The molecule has 7 heteroatoms. The molecule has 0 aliphatic heterocycles. The van der Waals surface area contributed by atoms with E-state index < -0.39 is 0 Å². The van der Waals surface area contributed by atoms with Crippen LogP contribution in [-0.4, -0.2) is 30.5 Å². The van der Waals surface area contributed by atoms with Crippen molar-refractivity contribution in [2.24, 2.45) is 12.5 Å². The van der Waals surface area contributed by atoms with Crippen LogP contribution in [0, 0.1) is 5.41 Å². The van der Waals surface area contributed by atoms with E-state index in [4.69, 9.17) is 0 Å². The van der Waals surface area contributed by atoms with Gasteiger partial charge in [-0.05, 0) is 24.0 Å². The molecule has 3 rings (SSSR count). The molecule has 0 atom stereocenters. The number of rotatable bonds is 3. The molecule has 2 aromatic heterocycles. The van der Waals surface area contributed by atoms with Crippen molar-refractivity contribution in [3.63, 3.8) is 0 Å². The minimum atomic E-state index is -0.102. The highest BCUT2D eigenvalue weighted by molar-refractivity contribution is 7.80. The Hall–Kier alpha value is -1.37. The molecule has 0 spiro atoms. The van der Waals surface area contributed by atoms with E-state index in [0.29, 0.717) is 17.6 Å². The first-order valence-electron chi connectivity index (χ1n) is 7.02. The molecule has 0 N–H and O–H groups in total. The Balaban J connectivity index is 1.98. The summed E-state index contributed by atoms with van der Waals surface area (Å²) < 4.78 is 3.06. The first-order chi connectivity index (χ1) is 9.65. The lowest BCUT2D eigenvalue weighted by Gasteiger charge is -2.35. The summed E-state index contributed by atoms with van der Waals surface area (Å²) >= 11 is 4.51. The second-order valence-corrected chi connectivity index (χ2v) is 6.09. The van der Waals surface area contributed by atoms with Gasteiger partial charge in [-0.2, -0.15) is 17.7 Å². The molecule has 0 radical (unpaired) electrons. The summed E-state index contributed by atoms with van der Waals surface area (Å²) in [6.45, 7) is 0.604. The van der Waals surface area contributed by atoms with E-state index in [-0.39, 0.29) is 11.0 Å². The summed E-state index contributed by atoms with van der Waals surface area (Å²) in [5.41, 5.74) is 0.514. The van der Waals surface area contributed by atoms with Gasteiger partial charge in [0.2, 0.25) is 0 Å². The normalized spacial score (nSPS) is 18.5. The molecule has 0 bridgehead atoms. The Morgan fingerprint density at radius 2 is 2.10 bits per heavy atom. The van der Waals surface area contributed by atoms with Gasteiger partial charge in [-0.25, -0.2) is 9.36 Å². The van der Waals surface area contributed by atoms with Crippen molar-refractivity contribution >= 4 is 23.7 Å². The number of hydrogen-bond acceptors (Lipinski definition) is 5. The SMILES string of the molecule is Cn1ncc2c(=O)n(CC3(CS)CCCCC3)nnc21. The second kappa shape index (κ2) is 5.20. The quantitative estimate of drug-likeness (QED) is 0.869. The largest absolute Gasteiger partial charge is 0.280 e. The summed E-state index contributed by atoms with van der Waals surface area (Å²) in [7, 11) is 1.76. The standard InChI is InChI=1S/C13H19N5OS/c1-17-11-10(7-14-17)12(19)18(16-15-11)8-13(9-20)5-3-2-4-6-13/h7,20H,2-6,8-9H2,1H3. The fraction of sp³-hybridized carbons (Fsp3) is 0.692. The zero-order chi connectivity index (χ0) is 14.2. The Labute approximate surface area is 122 Å². The van der Waals surface area contributed by atoms with Crippen LogP contribution in [0.4, 0.5) is 0 Å². The van der Waals surface area contributed by atoms with Crippen molar-refractivity contribution in [2.75, 3.05) is 5.75 Å². The van der Waals surface area contributed by atoms with Crippen LogP contribution in [0.15, 0.2) is 11.0 Å². The Bertz CT molecular complexity index is 671. The summed E-state index contributed by atoms with van der Waals surface area (Å²) in [4.78, 5) is 12.5. The number of hydrogen-bond donors (Lipinski definition) is 1. The molecule has 1 aliphatic rings. The van der Waals surface area contributed by atoms with Gasteiger partial charge < -0.3 is 0 Å². The van der Waals surface area contributed by atoms with E-state index in [1.807, 2.05) is 0 Å². The molecule has 2 aromatic rings. The average Bonchev–Trinajstić information content (AvgIpc) is 2.85. The lowest BCUT2D eigenvalue weighted by Crippen LogP contribution is -2.37. The molecule has 1 fully saturated rings. The Kier molecular flexibility index (Phi) is 3.54. The van der Waals surface area contributed by atoms with Crippen LogP contribution in [0.2, 0.25) is 0 Å². The van der Waals surface area contributed by atoms with Crippen LogP contribution in [0.3, 0.4) is 0 Å². The van der Waals surface area contributed by atoms with Gasteiger partial charge in [-0.1, -0.05) is 24.5 Å². The number of thiol groups is 1. The van der Waals surface area contributed by atoms with Gasteiger partial charge >= 0.3 is 0 Å². The molecule has 1 aliphatic carbocycles. The number of aromatic nitrogens is 5. The molecular formula is C13H19N5OS. The molecular weight excluding hydrogens is 274 g/mol. The lowest BCUT2D eigenvalue weighted by atomic mass is 9.75. The minimum absolute atomic E-state index is 0.0791. The van der Waals surface area contributed by atoms with E-state index in [9.17, 15) is 4.79 Å². The van der Waals surface area contributed by atoms with Crippen molar-refractivity contribution in [2.45, 2.75) is 38.6 Å². The third kappa shape index (κ3) is 2.24. The fourth-order valence-electron chi connectivity index (χ4n) is 3.07. The second-order valence-electron chi connectivity index (χ2n) is 5.78. The zero-order valence-corrected chi connectivity index (χ0v) is 12.5. The van der Waals surface area contributed by atoms with Crippen molar-refractivity contribution in [3.05, 3.63) is 16.6 Å². The van der Waals surface area contributed by atoms with Gasteiger partial charge in [0.05, 0.1) is 12.7 Å². The van der Waals surface area contributed by atoms with Crippen molar-refractivity contribution in [1.29, 1.82) is 0 Å². The van der Waals surface area contributed by atoms with Crippen LogP contribution in [0.1, 0.15) is 32.1 Å². The monoisotopic (exact) mass is 293 g/mol. The van der Waals surface area contributed by atoms with Crippen molar-refractivity contribution < 1.29 is 0 Å². The first-order valence-corrected chi connectivity index (χ1v) is 7.65. The van der Waals surface area contributed by atoms with Crippen LogP contribution in [0.25, 0.3) is 11.0 Å². The zero-order valence-electron chi connectivity index (χ0n) is 11.6. The summed E-state index contributed by atoms with van der Waals surface area (Å²) in [5.74, 6) is 0.784. The molecule has 1 saturated carbocycles. The van der Waals surface area contributed by atoms with E-state index in [0.717, 1.165) is 18.6 Å². The first kappa shape index (κ1) is 13.6. The van der Waals surface area contributed by atoms with E-state index in [2.05, 4.69) is 28.0 Å². The van der Waals surface area contributed by atoms with E-state index in [1.165, 1.54) is 23.9 Å². The molecule has 0 amide bonds. The number of nitrogens with zero attached hydrogens (tertiary/aromatic N) is 5. The van der Waals surface area contributed by atoms with Crippen LogP contribution >= 0.6 is 12.6 Å². The fourth-order valence-corrected chi connectivity index (χ4v) is 3.48. The third-order valence-electron chi connectivity index (χ3n) is 4.35. The molecule has 0 aromatic carbocycles. The molecule has 0 saturated heterocycles. The van der Waals surface area contributed by atoms with Gasteiger partial charge in [0.1, 0.15) is 5.39 Å². The van der Waals surface area contributed by atoms with Crippen LogP contribution in [-0.2, 0) is 13.6 Å². The highest BCUT2D eigenvalue weighted by Gasteiger charge is 2.32. The Morgan fingerprint density at radius 3 is 2.80 bits per heavy atom. The van der Waals surface area contributed by atoms with Gasteiger partial charge in [0.25, 0.3) is 5.56 Å². The maximum absolute atomic E-state index is 12.5. The maximum atomic E-state index is 12.5. The molecule has 108 valence electrons. The number of aryl methyl sites for hydroxylation is 1. The third-order valence-corrected chi connectivity index (χ3v) is 5.03. The lowest BCUT2D eigenvalue weighted by molar-refractivity contribution is 0.177. The molecule has 0 unspecified atom stereocenters. The smallest absolute Gasteiger partial charge is 0.267 e. The van der Waals surface area contributed by atoms with Crippen LogP contribution in [0.5, 0.6) is 0 Å².